The summed E-state index contributed by atoms with van der Waals surface area (Å²) < 4.78 is 11.7. The number of aromatic nitrogens is 4. The number of hydrogen-bond acceptors (Lipinski definition) is 11. The number of carbonyl (C=O) groups excluding carboxylic acids is 1. The van der Waals surface area contributed by atoms with Gasteiger partial charge >= 0.3 is 17.8 Å². The molecule has 1 aliphatic rings. The van der Waals surface area contributed by atoms with Gasteiger partial charge in [-0.25, -0.2) is 14.6 Å². The maximum Gasteiger partial charge on any atom is 0.367 e. The second-order valence-electron chi connectivity index (χ2n) is 7.48. The van der Waals surface area contributed by atoms with Crippen molar-refractivity contribution in [1.29, 1.82) is 0 Å². The second kappa shape index (κ2) is 8.67. The lowest BCUT2D eigenvalue weighted by atomic mass is 9.96. The van der Waals surface area contributed by atoms with Gasteiger partial charge in [0, 0.05) is 6.07 Å². The Hall–Kier alpha value is -3.72. The Morgan fingerprint density at radius 1 is 1.33 bits per heavy atom. The van der Waals surface area contributed by atoms with Gasteiger partial charge in [-0.1, -0.05) is 0 Å². The minimum Gasteiger partial charge on any atom is -0.493 e. The topological polar surface area (TPSA) is 210 Å². The largest absolute Gasteiger partial charge is 0.493 e. The normalized spacial score (nSPS) is 14.2. The number of nitrogens with two attached hydrogens (primary N) is 1. The number of hydrogen-bond donors (Lipinski definition) is 7. The van der Waals surface area contributed by atoms with E-state index in [1.807, 2.05) is 5.32 Å². The van der Waals surface area contributed by atoms with Gasteiger partial charge < -0.3 is 46.1 Å². The number of nitrogens with zero attached hydrogens (tertiary/aromatic N) is 3. The van der Waals surface area contributed by atoms with Gasteiger partial charge in [-0.2, -0.15) is 4.57 Å². The Morgan fingerprint density at radius 3 is 2.70 bits per heavy atom. The SMILES string of the molecule is COc1cnc(COC2CCC2)cc1Nc1cc(NC(O)(O)O)c2[nH]c(=O)n(C(N)=O)c2n1. The van der Waals surface area contributed by atoms with Crippen molar-refractivity contribution in [3.63, 3.8) is 0 Å². The van der Waals surface area contributed by atoms with E-state index >= 15 is 0 Å². The molecule has 8 N–H and O–H groups in total. The summed E-state index contributed by atoms with van der Waals surface area (Å²) in [6.45, 7) is 0.295. The summed E-state index contributed by atoms with van der Waals surface area (Å²) in [5.74, 6) is 0.416. The van der Waals surface area contributed by atoms with E-state index in [9.17, 15) is 24.9 Å². The van der Waals surface area contributed by atoms with Crippen molar-refractivity contribution in [3.05, 3.63) is 34.5 Å². The maximum absolute atomic E-state index is 12.2. The molecule has 3 aromatic heterocycles. The summed E-state index contributed by atoms with van der Waals surface area (Å²) in [5.41, 5.74) is 4.97. The molecule has 4 rings (SSSR count). The number of rotatable bonds is 8. The van der Waals surface area contributed by atoms with E-state index in [0.29, 0.717) is 28.3 Å². The van der Waals surface area contributed by atoms with E-state index in [1.54, 1.807) is 6.07 Å². The van der Waals surface area contributed by atoms with Gasteiger partial charge in [0.05, 0.1) is 43.1 Å². The number of pyridine rings is 2. The van der Waals surface area contributed by atoms with Crippen LogP contribution >= 0.6 is 0 Å². The van der Waals surface area contributed by atoms with Crippen LogP contribution in [0.5, 0.6) is 5.75 Å². The van der Waals surface area contributed by atoms with Crippen molar-refractivity contribution in [2.24, 2.45) is 5.73 Å². The summed E-state index contributed by atoms with van der Waals surface area (Å²) in [5, 5.41) is 33.1. The highest BCUT2D eigenvalue weighted by Gasteiger charge is 2.24. The molecule has 1 fully saturated rings. The van der Waals surface area contributed by atoms with E-state index < -0.39 is 17.8 Å². The highest BCUT2D eigenvalue weighted by atomic mass is 16.7. The van der Waals surface area contributed by atoms with Crippen LogP contribution < -0.4 is 26.8 Å². The zero-order chi connectivity index (χ0) is 23.8. The molecule has 33 heavy (non-hydrogen) atoms. The Labute approximate surface area is 186 Å². The van der Waals surface area contributed by atoms with Crippen LogP contribution in [0.1, 0.15) is 25.0 Å². The number of methoxy groups -OCH3 is 1. The molecule has 0 bridgehead atoms. The van der Waals surface area contributed by atoms with Gasteiger partial charge in [0.2, 0.25) is 0 Å². The minimum absolute atomic E-state index is 0.0543. The third kappa shape index (κ3) is 4.88. The number of aliphatic hydroxyl groups is 3. The fourth-order valence-electron chi connectivity index (χ4n) is 3.33. The lowest BCUT2D eigenvalue weighted by molar-refractivity contribution is -0.289. The molecule has 0 aliphatic heterocycles. The fourth-order valence-corrected chi connectivity index (χ4v) is 3.33. The van der Waals surface area contributed by atoms with E-state index in [2.05, 4.69) is 20.3 Å². The molecule has 176 valence electrons. The summed E-state index contributed by atoms with van der Waals surface area (Å²) in [6.07, 6.45) is 1.57. The fraction of sp³-hybridized carbons (Fsp3) is 0.368. The Kier molecular flexibility index (Phi) is 5.90. The van der Waals surface area contributed by atoms with Crippen molar-refractivity contribution in [2.45, 2.75) is 38.1 Å². The number of anilines is 3. The average Bonchev–Trinajstić information content (AvgIpc) is 3.02. The van der Waals surface area contributed by atoms with Gasteiger partial charge in [-0.05, 0) is 25.3 Å². The highest BCUT2D eigenvalue weighted by molar-refractivity contribution is 5.94. The van der Waals surface area contributed by atoms with E-state index in [1.165, 1.54) is 19.4 Å². The number of nitrogens with one attached hydrogen (secondary N) is 3. The van der Waals surface area contributed by atoms with Crippen molar-refractivity contribution in [1.82, 2.24) is 19.5 Å². The Bertz CT molecular complexity index is 1240. The molecular weight excluding hydrogens is 438 g/mol. The van der Waals surface area contributed by atoms with Crippen molar-refractivity contribution >= 4 is 34.4 Å². The molecule has 14 heteroatoms. The van der Waals surface area contributed by atoms with E-state index in [4.69, 9.17) is 15.2 Å². The standard InChI is InChI=1S/C19H23N7O7/c1-32-13-7-21-9(8-33-10-3-2-4-10)5-11(13)22-14-6-12(25-19(29,30)31)15-16(23-14)26(17(20)27)18(28)24-15/h5-7,10,29-31H,2-4,8H2,1H3,(H2,20,27)(H,24,28)(H2,21,22,23,25). The molecule has 0 saturated heterocycles. The maximum atomic E-state index is 12.2. The Balaban J connectivity index is 1.73. The van der Waals surface area contributed by atoms with E-state index in [-0.39, 0.29) is 28.8 Å². The number of aromatic amines is 1. The number of carbonyl (C=O) groups is 1. The van der Waals surface area contributed by atoms with Crippen LogP contribution in [0.4, 0.5) is 22.0 Å². The molecule has 3 aromatic rings. The zero-order valence-electron chi connectivity index (χ0n) is 17.5. The lowest BCUT2D eigenvalue weighted by Crippen LogP contribution is -2.37. The first-order valence-corrected chi connectivity index (χ1v) is 9.97. The van der Waals surface area contributed by atoms with Crippen molar-refractivity contribution in [3.8, 4) is 5.75 Å². The van der Waals surface area contributed by atoms with Crippen molar-refractivity contribution in [2.75, 3.05) is 17.7 Å². The van der Waals surface area contributed by atoms with Crippen molar-refractivity contribution < 1.29 is 29.6 Å². The van der Waals surface area contributed by atoms with Gasteiger partial charge in [0.15, 0.2) is 11.4 Å². The molecule has 14 nitrogen and oxygen atoms in total. The smallest absolute Gasteiger partial charge is 0.367 e. The number of imidazole rings is 1. The van der Waals surface area contributed by atoms with Crippen LogP contribution in [-0.4, -0.2) is 60.2 Å². The first kappa shape index (κ1) is 22.5. The zero-order valence-corrected chi connectivity index (χ0v) is 17.5. The van der Waals surface area contributed by atoms with Crippen LogP contribution in [0, 0.1) is 0 Å². The molecule has 0 atom stereocenters. The number of fused-ring (bicyclic) bond motifs is 1. The molecule has 1 aliphatic carbocycles. The first-order valence-electron chi connectivity index (χ1n) is 9.97. The molecular formula is C19H23N7O7. The van der Waals surface area contributed by atoms with Crippen LogP contribution in [0.3, 0.4) is 0 Å². The predicted octanol–water partition coefficient (Wildman–Crippen LogP) is -0.132. The monoisotopic (exact) mass is 461 g/mol. The first-order chi connectivity index (χ1) is 15.6. The summed E-state index contributed by atoms with van der Waals surface area (Å²) >= 11 is 0. The lowest BCUT2D eigenvalue weighted by Gasteiger charge is -2.25. The van der Waals surface area contributed by atoms with Gasteiger partial charge in [0.25, 0.3) is 0 Å². The number of primary amides is 1. The molecule has 0 aromatic carbocycles. The van der Waals surface area contributed by atoms with Gasteiger partial charge in [-0.15, -0.1) is 0 Å². The molecule has 1 saturated carbocycles. The van der Waals surface area contributed by atoms with Gasteiger partial charge in [0.1, 0.15) is 11.3 Å². The minimum atomic E-state index is -3.32. The molecule has 0 unspecified atom stereocenters. The highest BCUT2D eigenvalue weighted by Crippen LogP contribution is 2.31. The third-order valence-corrected chi connectivity index (χ3v) is 5.10. The van der Waals surface area contributed by atoms with E-state index in [0.717, 1.165) is 19.3 Å². The summed E-state index contributed by atoms with van der Waals surface area (Å²) in [6, 6.07) is 1.84. The summed E-state index contributed by atoms with van der Waals surface area (Å²) in [7, 11) is 1.45. The quantitative estimate of drug-likeness (QED) is 0.220. The van der Waals surface area contributed by atoms with Crippen LogP contribution in [0.25, 0.3) is 11.2 Å². The number of amides is 1. The molecule has 0 radical (unpaired) electrons. The van der Waals surface area contributed by atoms with Crippen LogP contribution in [0.15, 0.2) is 23.1 Å². The van der Waals surface area contributed by atoms with Gasteiger partial charge in [-0.3, -0.25) is 4.98 Å². The molecule has 3 heterocycles. The van der Waals surface area contributed by atoms with Crippen LogP contribution in [-0.2, 0) is 11.3 Å². The van der Waals surface area contributed by atoms with Crippen LogP contribution in [0.2, 0.25) is 0 Å². The Morgan fingerprint density at radius 2 is 2.09 bits per heavy atom. The molecule has 1 amide bonds. The average molecular weight is 461 g/mol. The summed E-state index contributed by atoms with van der Waals surface area (Å²) in [4.78, 5) is 34.8. The third-order valence-electron chi connectivity index (χ3n) is 5.10. The second-order valence-corrected chi connectivity index (χ2v) is 7.48. The predicted molar refractivity (Wildman–Crippen MR) is 115 cm³/mol. The number of H-pyrrole nitrogens is 1. The molecule has 0 spiro atoms. The number of ether oxygens (including phenoxy) is 2.